The van der Waals surface area contributed by atoms with Gasteiger partial charge in [0.1, 0.15) is 5.69 Å². The molecule has 0 atom stereocenters. The molecule has 0 saturated carbocycles. The molecule has 0 bridgehead atoms. The Morgan fingerprint density at radius 3 is 1.59 bits per heavy atom. The molecule has 0 fully saturated rings. The zero-order valence-electron chi connectivity index (χ0n) is 42.8. The van der Waals surface area contributed by atoms with Gasteiger partial charge in [0, 0.05) is 38.3 Å². The van der Waals surface area contributed by atoms with E-state index in [0.29, 0.717) is 29.0 Å². The topological polar surface area (TPSA) is 392 Å². The van der Waals surface area contributed by atoms with Gasteiger partial charge in [-0.1, -0.05) is 69.3 Å². The summed E-state index contributed by atoms with van der Waals surface area (Å²) in [5.74, 6) is -2.86. The summed E-state index contributed by atoms with van der Waals surface area (Å²) >= 11 is 14.2. The zero-order valence-corrected chi connectivity index (χ0v) is 44.2. The van der Waals surface area contributed by atoms with Crippen molar-refractivity contribution in [2.24, 2.45) is 10.7 Å². The van der Waals surface area contributed by atoms with Crippen LogP contribution in [0.15, 0.2) is 102 Å². The number of imidazole rings is 1. The molecular formula is C47H64FN13O12S3. The van der Waals surface area contributed by atoms with Gasteiger partial charge >= 0.3 is 23.9 Å². The molecule has 0 unspecified atom stereocenters. The van der Waals surface area contributed by atoms with Crippen molar-refractivity contribution in [3.63, 3.8) is 0 Å². The van der Waals surface area contributed by atoms with Crippen LogP contribution >= 0.6 is 36.7 Å². The van der Waals surface area contributed by atoms with E-state index >= 15 is 0 Å². The number of carbonyl (C=O) groups is 4. The molecule has 0 saturated heterocycles. The molecule has 0 spiro atoms. The smallest absolute Gasteiger partial charge is 0.305 e. The van der Waals surface area contributed by atoms with E-state index in [1.807, 2.05) is 36.4 Å². The number of benzene rings is 4. The van der Waals surface area contributed by atoms with Crippen molar-refractivity contribution >= 4 is 127 Å². The van der Waals surface area contributed by atoms with Crippen molar-refractivity contribution in [2.45, 2.75) is 46.5 Å². The molecule has 414 valence electrons. The van der Waals surface area contributed by atoms with E-state index in [9.17, 15) is 43.8 Å². The molecule has 0 aliphatic carbocycles. The number of thiocarbonyl (C=S) groups is 3. The van der Waals surface area contributed by atoms with Crippen molar-refractivity contribution < 1.29 is 55.2 Å². The van der Waals surface area contributed by atoms with Crippen LogP contribution in [-0.4, -0.2) is 137 Å². The minimum atomic E-state index is -1.00. The van der Waals surface area contributed by atoms with Crippen molar-refractivity contribution in [1.82, 2.24) is 25.5 Å². The summed E-state index contributed by atoms with van der Waals surface area (Å²) in [5, 5.41) is 70.7. The van der Waals surface area contributed by atoms with Crippen LogP contribution in [0.2, 0.25) is 0 Å². The number of carboxylic acids is 4. The van der Waals surface area contributed by atoms with Gasteiger partial charge in [-0.25, -0.2) is 4.98 Å². The predicted molar refractivity (Wildman–Crippen MR) is 303 cm³/mol. The number of hydrogen-bond donors (Lipinski definition) is 12. The highest BCUT2D eigenvalue weighted by molar-refractivity contribution is 7.80. The number of alkyl halides is 1. The maximum Gasteiger partial charge on any atom is 0.305 e. The van der Waals surface area contributed by atoms with Gasteiger partial charge in [-0.05, 0) is 92.7 Å². The Labute approximate surface area is 455 Å². The maximum atomic E-state index is 10.7. The minimum Gasteiger partial charge on any atom is -0.481 e. The van der Waals surface area contributed by atoms with Gasteiger partial charge in [0.25, 0.3) is 11.4 Å². The van der Waals surface area contributed by atoms with Crippen LogP contribution in [0, 0.1) is 20.2 Å². The third kappa shape index (κ3) is 34.1. The second-order valence-electron chi connectivity index (χ2n) is 14.1. The Balaban J connectivity index is 0. The lowest BCUT2D eigenvalue weighted by Gasteiger charge is -2.13. The SMILES string of the molecule is CCN(CC)CC.NCCC(=O)O.Nc1ccccc1NC(=S)NCCC(=O)O.O=C(O)CCNC(=S)Nc1ccccc1[N+](=O)[O-].O=C(O)CCNc1nc2ccccc2[nH]1.O=[N+]([O-])c1ccccc1N=C=S.[2H]CF. The molecule has 29 heteroatoms. The Morgan fingerprint density at radius 1 is 0.724 bits per heavy atom. The number of para-hydroxylation sites is 8. The van der Waals surface area contributed by atoms with Crippen molar-refractivity contribution in [1.29, 1.82) is 0 Å². The average molecular weight is 1120 g/mol. The van der Waals surface area contributed by atoms with E-state index in [0.717, 1.165) is 11.0 Å². The predicted octanol–water partition coefficient (Wildman–Crippen LogP) is 7.52. The number of nitrogens with zero attached hydrogens (tertiary/aromatic N) is 5. The summed E-state index contributed by atoms with van der Waals surface area (Å²) < 4.78 is 15.5. The second-order valence-corrected chi connectivity index (χ2v) is 15.1. The summed E-state index contributed by atoms with van der Waals surface area (Å²) in [7, 11) is -1.00. The number of aliphatic carboxylic acids is 4. The van der Waals surface area contributed by atoms with Crippen molar-refractivity contribution in [3.05, 3.63) is 117 Å². The lowest BCUT2D eigenvalue weighted by Crippen LogP contribution is -2.30. The normalized spacial score (nSPS) is 9.53. The van der Waals surface area contributed by atoms with Crippen molar-refractivity contribution in [3.8, 4) is 0 Å². The summed E-state index contributed by atoms with van der Waals surface area (Å²) in [6.07, 6.45) is 0.0852. The molecule has 5 rings (SSSR count). The zero-order chi connectivity index (χ0) is 58.6. The van der Waals surface area contributed by atoms with Crippen LogP contribution < -0.4 is 38.1 Å². The summed E-state index contributed by atoms with van der Waals surface area (Å²) in [6, 6.07) is 27.0. The van der Waals surface area contributed by atoms with E-state index in [-0.39, 0.29) is 73.2 Å². The van der Waals surface area contributed by atoms with Crippen LogP contribution in [0.4, 0.5) is 44.5 Å². The number of hydrogen-bond acceptors (Lipinski definition) is 17. The fraction of sp³-hybridized carbons (Fsp3) is 0.319. The quantitative estimate of drug-likeness (QED) is 0.0118. The molecule has 5 aromatic rings. The highest BCUT2D eigenvalue weighted by Crippen LogP contribution is 2.25. The highest BCUT2D eigenvalue weighted by atomic mass is 32.1. The van der Waals surface area contributed by atoms with Gasteiger partial charge in [0.05, 0.1) is 71.6 Å². The molecule has 14 N–H and O–H groups in total. The first-order chi connectivity index (χ1) is 36.6. The molecule has 0 aliphatic rings. The Morgan fingerprint density at radius 2 is 1.16 bits per heavy atom. The number of isothiocyanates is 1. The van der Waals surface area contributed by atoms with Crippen LogP contribution in [-0.2, 0) is 19.2 Å². The number of fused-ring (bicyclic) bond motifs is 1. The number of aromatic nitrogens is 2. The number of carboxylic acid groups (broad SMARTS) is 4. The number of halogens is 1. The number of aromatic amines is 1. The molecule has 0 amide bonds. The van der Waals surface area contributed by atoms with Crippen LogP contribution in [0.5, 0.6) is 0 Å². The van der Waals surface area contributed by atoms with Gasteiger partial charge in [0.2, 0.25) is 5.95 Å². The summed E-state index contributed by atoms with van der Waals surface area (Å²) in [5.41, 5.74) is 14.0. The van der Waals surface area contributed by atoms with Gasteiger partial charge in [-0.2, -0.15) is 4.99 Å². The molecule has 0 aliphatic heterocycles. The monoisotopic (exact) mass is 1120 g/mol. The number of nitrogens with one attached hydrogen (secondary N) is 6. The van der Waals surface area contributed by atoms with E-state index in [1.54, 1.807) is 36.4 Å². The number of nitrogen functional groups attached to an aromatic ring is 1. The van der Waals surface area contributed by atoms with Gasteiger partial charge in [-0.15, -0.1) is 0 Å². The molecule has 0 radical (unpaired) electrons. The number of H-pyrrole nitrogens is 1. The molecule has 1 heterocycles. The number of anilines is 4. The third-order valence-corrected chi connectivity index (χ3v) is 9.36. The standard InChI is InChI=1S/C10H11N3O4S.C10H13N3O2S.C10H11N3O2.C7H4N2O2S.C6H15N.C3H7NO2.CH3F/c14-9(15)5-6-11-10(18)12-7-3-1-2-4-8(7)13(16)17;11-7-3-1-2-4-8(7)13-10(16)12-6-5-9(14)15;14-9(15)5-6-11-10-12-7-3-1-2-4-8(7)13-10;10-9(11)7-4-2-1-3-6(7)8-5-12;1-4-7(5-2)6-3;4-2-1-3(5)6;1-2/h1-4H,5-6H2,(H,14,15)(H2,11,12,18);1-4H,5-6,11H2,(H,14,15)(H2,12,13,16);1-4H,5-6H2,(H,14,15)(H2,11,12,13);1-4H;4-6H2,1-3H3;1-2,4H2,(H,5,6);1H3/i;;;;;;1D. The molecular weight excluding hydrogens is 1050 g/mol. The molecule has 25 nitrogen and oxygen atoms in total. The highest BCUT2D eigenvalue weighted by Gasteiger charge is 2.13. The number of nitro benzene ring substituents is 2. The summed E-state index contributed by atoms with van der Waals surface area (Å²) in [6.45, 7) is 11.2. The van der Waals surface area contributed by atoms with E-state index < -0.39 is 40.9 Å². The number of rotatable bonds is 20. The number of nitrogens with two attached hydrogens (primary N) is 2. The molecule has 76 heavy (non-hydrogen) atoms. The first kappa shape index (κ1) is 67.7. The van der Waals surface area contributed by atoms with E-state index in [1.165, 1.54) is 43.9 Å². The first-order valence-corrected chi connectivity index (χ1v) is 23.7. The minimum absolute atomic E-state index is 0.0199. The fourth-order valence-electron chi connectivity index (χ4n) is 5.13. The van der Waals surface area contributed by atoms with Gasteiger partial charge in [-0.3, -0.25) is 43.8 Å². The van der Waals surface area contributed by atoms with Gasteiger partial charge in [0.15, 0.2) is 15.9 Å². The number of aliphatic imine (C=N–C) groups is 1. The maximum absolute atomic E-state index is 10.7. The van der Waals surface area contributed by atoms with Crippen LogP contribution in [0.3, 0.4) is 0 Å². The molecule has 4 aromatic carbocycles. The Kier molecular flexibility index (Phi) is 38.4. The van der Waals surface area contributed by atoms with E-state index in [2.05, 4.69) is 84.6 Å². The Bertz CT molecular complexity index is 2590. The van der Waals surface area contributed by atoms with Crippen LogP contribution in [0.25, 0.3) is 11.0 Å². The van der Waals surface area contributed by atoms with Crippen molar-refractivity contribution in [2.75, 3.05) is 74.7 Å². The molecule has 1 aromatic heterocycles. The second kappa shape index (κ2) is 43.1. The lowest BCUT2D eigenvalue weighted by molar-refractivity contribution is -0.384. The Hall–Kier alpha value is -8.34. The van der Waals surface area contributed by atoms with Crippen LogP contribution in [0.1, 0.15) is 47.8 Å². The fourth-order valence-corrected chi connectivity index (χ4v) is 5.65. The van der Waals surface area contributed by atoms with E-state index in [4.69, 9.17) is 57.7 Å². The lowest BCUT2D eigenvalue weighted by atomic mass is 10.3. The number of nitro groups is 2. The van der Waals surface area contributed by atoms with Gasteiger partial charge < -0.3 is 68.4 Å². The third-order valence-electron chi connectivity index (χ3n) is 8.77. The first-order valence-electron chi connectivity index (χ1n) is 23.2. The summed E-state index contributed by atoms with van der Waals surface area (Å²) in [4.78, 5) is 73.7. The largest absolute Gasteiger partial charge is 0.481 e. The average Bonchev–Trinajstić information content (AvgIpc) is 3.79.